The first kappa shape index (κ1) is 15.1. The molecular weight excluding hydrogens is 253 g/mol. The van der Waals surface area contributed by atoms with E-state index in [4.69, 9.17) is 4.74 Å². The summed E-state index contributed by atoms with van der Waals surface area (Å²) in [6.45, 7) is 4.25. The molecule has 0 aliphatic rings. The van der Waals surface area contributed by atoms with Crippen molar-refractivity contribution < 1.29 is 18.8 Å². The lowest BCUT2D eigenvalue weighted by atomic mass is 10.1. The first-order valence-electron chi connectivity index (χ1n) is 6.03. The van der Waals surface area contributed by atoms with E-state index in [0.717, 1.165) is 24.6 Å². The predicted octanol–water partition coefficient (Wildman–Crippen LogP) is 3.33. The number of hydrogen-bond donors (Lipinski definition) is 0. The molecule has 0 unspecified atom stereocenters. The van der Waals surface area contributed by atoms with Crippen LogP contribution in [0.15, 0.2) is 18.2 Å². The molecule has 1 aromatic carbocycles. The van der Waals surface area contributed by atoms with Gasteiger partial charge in [0.25, 0.3) is 5.69 Å². The van der Waals surface area contributed by atoms with E-state index in [1.54, 1.807) is 0 Å². The molecule has 104 valence electrons. The minimum Gasteiger partial charge on any atom is -0.462 e. The Balaban J connectivity index is 2.70. The largest absolute Gasteiger partial charge is 0.462 e. The normalized spacial score (nSPS) is 10.5. The molecule has 19 heavy (non-hydrogen) atoms. The highest BCUT2D eigenvalue weighted by Crippen LogP contribution is 2.20. The van der Waals surface area contributed by atoms with Gasteiger partial charge in [-0.25, -0.2) is 9.18 Å². The highest BCUT2D eigenvalue weighted by atomic mass is 19.1. The van der Waals surface area contributed by atoms with E-state index in [-0.39, 0.29) is 12.2 Å². The summed E-state index contributed by atoms with van der Waals surface area (Å²) in [5, 5.41) is 10.7. The first-order chi connectivity index (χ1) is 8.91. The molecule has 0 aliphatic carbocycles. The summed E-state index contributed by atoms with van der Waals surface area (Å²) in [7, 11) is 0. The zero-order valence-corrected chi connectivity index (χ0v) is 10.9. The van der Waals surface area contributed by atoms with Crippen molar-refractivity contribution in [3.05, 3.63) is 39.7 Å². The average molecular weight is 269 g/mol. The molecule has 0 saturated heterocycles. The summed E-state index contributed by atoms with van der Waals surface area (Å²) < 4.78 is 17.9. The Morgan fingerprint density at radius 2 is 2.16 bits per heavy atom. The summed E-state index contributed by atoms with van der Waals surface area (Å²) >= 11 is 0. The first-order valence-corrected chi connectivity index (χ1v) is 6.03. The van der Waals surface area contributed by atoms with Crippen LogP contribution in [0, 0.1) is 21.8 Å². The lowest BCUT2D eigenvalue weighted by Crippen LogP contribution is -2.10. The lowest BCUT2D eigenvalue weighted by molar-refractivity contribution is -0.385. The van der Waals surface area contributed by atoms with Gasteiger partial charge in [-0.05, 0) is 30.9 Å². The van der Waals surface area contributed by atoms with E-state index in [0.29, 0.717) is 12.3 Å². The van der Waals surface area contributed by atoms with E-state index in [9.17, 15) is 19.3 Å². The van der Waals surface area contributed by atoms with Crippen molar-refractivity contribution in [1.29, 1.82) is 0 Å². The van der Waals surface area contributed by atoms with Crippen LogP contribution >= 0.6 is 0 Å². The molecule has 0 bridgehead atoms. The van der Waals surface area contributed by atoms with Crippen LogP contribution in [0.25, 0.3) is 0 Å². The van der Waals surface area contributed by atoms with Crippen molar-refractivity contribution >= 4 is 11.7 Å². The summed E-state index contributed by atoms with van der Waals surface area (Å²) in [4.78, 5) is 21.7. The Labute approximate surface area is 110 Å². The fourth-order valence-electron chi connectivity index (χ4n) is 1.57. The van der Waals surface area contributed by atoms with Crippen LogP contribution in [0.4, 0.5) is 10.1 Å². The quantitative estimate of drug-likeness (QED) is 0.344. The third-order valence-corrected chi connectivity index (χ3v) is 2.53. The summed E-state index contributed by atoms with van der Waals surface area (Å²) in [5.41, 5.74) is -0.801. The standard InChI is InChI=1S/C13H16FNO4/c1-9(2)4-3-7-19-13(16)11-8-10(14)5-6-12(11)15(17)18/h5-6,8-9H,3-4,7H2,1-2H3. The van der Waals surface area contributed by atoms with Crippen molar-refractivity contribution in [3.8, 4) is 0 Å². The highest BCUT2D eigenvalue weighted by Gasteiger charge is 2.22. The number of hydrogen-bond acceptors (Lipinski definition) is 4. The van der Waals surface area contributed by atoms with E-state index in [1.165, 1.54) is 0 Å². The van der Waals surface area contributed by atoms with Crippen molar-refractivity contribution in [2.24, 2.45) is 5.92 Å². The number of halogens is 1. The molecule has 0 radical (unpaired) electrons. The molecule has 1 rings (SSSR count). The molecule has 0 atom stereocenters. The van der Waals surface area contributed by atoms with Gasteiger partial charge < -0.3 is 4.74 Å². The van der Waals surface area contributed by atoms with E-state index < -0.39 is 22.4 Å². The molecule has 0 aromatic heterocycles. The number of carbonyl (C=O) groups is 1. The molecule has 0 aliphatic heterocycles. The Kier molecular flexibility index (Phi) is 5.41. The van der Waals surface area contributed by atoms with Crippen LogP contribution in [0.5, 0.6) is 0 Å². The minimum atomic E-state index is -0.866. The van der Waals surface area contributed by atoms with Crippen molar-refractivity contribution in [2.45, 2.75) is 26.7 Å². The summed E-state index contributed by atoms with van der Waals surface area (Å²) in [5.74, 6) is -1.09. The topological polar surface area (TPSA) is 69.4 Å². The zero-order valence-electron chi connectivity index (χ0n) is 10.9. The fourth-order valence-corrected chi connectivity index (χ4v) is 1.57. The van der Waals surface area contributed by atoms with Gasteiger partial charge in [0.1, 0.15) is 11.4 Å². The van der Waals surface area contributed by atoms with Crippen LogP contribution in [0.3, 0.4) is 0 Å². The Hall–Kier alpha value is -1.98. The highest BCUT2D eigenvalue weighted by molar-refractivity contribution is 5.93. The molecule has 5 nitrogen and oxygen atoms in total. The second kappa shape index (κ2) is 6.82. The molecule has 0 amide bonds. The molecule has 6 heteroatoms. The van der Waals surface area contributed by atoms with E-state index >= 15 is 0 Å². The molecular formula is C13H16FNO4. The lowest BCUT2D eigenvalue weighted by Gasteiger charge is -2.07. The summed E-state index contributed by atoms with van der Waals surface area (Å²) in [6, 6.07) is 2.72. The van der Waals surface area contributed by atoms with Crippen molar-refractivity contribution in [3.63, 3.8) is 0 Å². The van der Waals surface area contributed by atoms with Gasteiger partial charge in [-0.3, -0.25) is 10.1 Å². The Bertz CT molecular complexity index is 474. The average Bonchev–Trinajstić information content (AvgIpc) is 2.33. The molecule has 0 heterocycles. The predicted molar refractivity (Wildman–Crippen MR) is 67.4 cm³/mol. The number of nitro groups is 1. The van der Waals surface area contributed by atoms with Crippen LogP contribution in [-0.2, 0) is 4.74 Å². The molecule has 0 fully saturated rings. The molecule has 1 aromatic rings. The third kappa shape index (κ3) is 4.65. The second-order valence-electron chi connectivity index (χ2n) is 4.59. The van der Waals surface area contributed by atoms with Crippen LogP contribution in [-0.4, -0.2) is 17.5 Å². The Morgan fingerprint density at radius 1 is 1.47 bits per heavy atom. The van der Waals surface area contributed by atoms with Gasteiger partial charge in [0, 0.05) is 6.07 Å². The Morgan fingerprint density at radius 3 is 2.74 bits per heavy atom. The molecule has 0 spiro atoms. The minimum absolute atomic E-state index is 0.171. The van der Waals surface area contributed by atoms with Crippen molar-refractivity contribution in [2.75, 3.05) is 6.61 Å². The van der Waals surface area contributed by atoms with Gasteiger partial charge >= 0.3 is 5.97 Å². The smallest absolute Gasteiger partial charge is 0.345 e. The molecule has 0 N–H and O–H groups in total. The van der Waals surface area contributed by atoms with Gasteiger partial charge in [0.05, 0.1) is 11.5 Å². The number of nitro benzene ring substituents is 1. The third-order valence-electron chi connectivity index (χ3n) is 2.53. The number of carbonyl (C=O) groups excluding carboxylic acids is 1. The van der Waals surface area contributed by atoms with E-state index in [2.05, 4.69) is 0 Å². The van der Waals surface area contributed by atoms with Gasteiger partial charge in [0.2, 0.25) is 0 Å². The number of esters is 1. The van der Waals surface area contributed by atoms with Crippen LogP contribution in [0.2, 0.25) is 0 Å². The maximum Gasteiger partial charge on any atom is 0.345 e. The van der Waals surface area contributed by atoms with Crippen LogP contribution < -0.4 is 0 Å². The number of benzene rings is 1. The fraction of sp³-hybridized carbons (Fsp3) is 0.462. The van der Waals surface area contributed by atoms with Gasteiger partial charge in [-0.2, -0.15) is 0 Å². The van der Waals surface area contributed by atoms with Crippen molar-refractivity contribution in [1.82, 2.24) is 0 Å². The number of rotatable bonds is 6. The summed E-state index contributed by atoms with van der Waals surface area (Å²) in [6.07, 6.45) is 1.56. The second-order valence-corrected chi connectivity index (χ2v) is 4.59. The van der Waals surface area contributed by atoms with Crippen LogP contribution in [0.1, 0.15) is 37.0 Å². The van der Waals surface area contributed by atoms with Gasteiger partial charge in [-0.1, -0.05) is 13.8 Å². The SMILES string of the molecule is CC(C)CCCOC(=O)c1cc(F)ccc1[N+](=O)[O-]. The number of ether oxygens (including phenoxy) is 1. The number of nitrogens with zero attached hydrogens (tertiary/aromatic N) is 1. The van der Waals surface area contributed by atoms with E-state index in [1.807, 2.05) is 13.8 Å². The zero-order chi connectivity index (χ0) is 14.4. The maximum absolute atomic E-state index is 13.0. The molecule has 0 saturated carbocycles. The van der Waals surface area contributed by atoms with Gasteiger partial charge in [-0.15, -0.1) is 0 Å². The van der Waals surface area contributed by atoms with Gasteiger partial charge in [0.15, 0.2) is 0 Å². The monoisotopic (exact) mass is 269 g/mol. The maximum atomic E-state index is 13.0.